The van der Waals surface area contributed by atoms with Gasteiger partial charge in [0.25, 0.3) is 5.56 Å². The first-order valence-electron chi connectivity index (χ1n) is 5.75. The number of allylic oxidation sites excluding steroid dienone is 1. The first-order valence-corrected chi connectivity index (χ1v) is 7.07. The molecule has 4 nitrogen and oxygen atoms in total. The predicted octanol–water partition coefficient (Wildman–Crippen LogP) is 3.06. The number of nitrogens with zero attached hydrogens (tertiary/aromatic N) is 2. The Bertz CT molecular complexity index is 648. The van der Waals surface area contributed by atoms with Crippen LogP contribution in [0.3, 0.4) is 0 Å². The number of aromatic nitrogens is 2. The van der Waals surface area contributed by atoms with Gasteiger partial charge < -0.3 is 5.32 Å². The van der Waals surface area contributed by atoms with Crippen LogP contribution in [0.5, 0.6) is 0 Å². The fraction of sp³-hybridized carbons (Fsp3) is 0.231. The van der Waals surface area contributed by atoms with Crippen molar-refractivity contribution in [1.82, 2.24) is 9.78 Å². The maximum atomic E-state index is 11.9. The van der Waals surface area contributed by atoms with E-state index in [1.807, 2.05) is 0 Å². The summed E-state index contributed by atoms with van der Waals surface area (Å²) in [4.78, 5) is 11.9. The van der Waals surface area contributed by atoms with Crippen molar-refractivity contribution in [2.75, 3.05) is 5.32 Å². The van der Waals surface area contributed by atoms with Crippen LogP contribution in [0.2, 0.25) is 5.02 Å². The van der Waals surface area contributed by atoms with Crippen molar-refractivity contribution in [3.05, 3.63) is 56.1 Å². The highest BCUT2D eigenvalue weighted by molar-refractivity contribution is 7.08. The zero-order valence-corrected chi connectivity index (χ0v) is 12.1. The van der Waals surface area contributed by atoms with Crippen molar-refractivity contribution in [3.8, 4) is 0 Å². The molecule has 1 N–H and O–H groups in total. The lowest BCUT2D eigenvalue weighted by Crippen LogP contribution is -2.23. The molecule has 0 saturated heterocycles. The lowest BCUT2D eigenvalue weighted by Gasteiger charge is -2.09. The molecule has 0 unspecified atom stereocenters. The molecule has 0 radical (unpaired) electrons. The van der Waals surface area contributed by atoms with E-state index in [0.29, 0.717) is 18.8 Å². The first kappa shape index (κ1) is 13.8. The van der Waals surface area contributed by atoms with Crippen molar-refractivity contribution >= 4 is 28.6 Å². The number of aryl methyl sites for hydroxylation is 1. The summed E-state index contributed by atoms with van der Waals surface area (Å²) in [6, 6.07) is 0. The minimum absolute atomic E-state index is 0.157. The highest BCUT2D eigenvalue weighted by Gasteiger charge is 2.08. The highest BCUT2D eigenvalue weighted by atomic mass is 35.5. The number of hydrogen-bond donors (Lipinski definition) is 1. The maximum Gasteiger partial charge on any atom is 0.287 e. The number of nitrogens with one attached hydrogen (secondary N) is 1. The van der Waals surface area contributed by atoms with Crippen LogP contribution >= 0.6 is 22.9 Å². The molecular formula is C13H14ClN3OS. The molecule has 6 heteroatoms. The van der Waals surface area contributed by atoms with Crippen LogP contribution in [0, 0.1) is 6.92 Å². The van der Waals surface area contributed by atoms with E-state index >= 15 is 0 Å². The van der Waals surface area contributed by atoms with Gasteiger partial charge in [0.05, 0.1) is 18.4 Å². The highest BCUT2D eigenvalue weighted by Crippen LogP contribution is 2.19. The van der Waals surface area contributed by atoms with Gasteiger partial charge in [-0.1, -0.05) is 17.7 Å². The van der Waals surface area contributed by atoms with Crippen LogP contribution in [-0.2, 0) is 13.1 Å². The number of halogens is 1. The molecule has 2 rings (SSSR count). The quantitative estimate of drug-likeness (QED) is 0.862. The monoisotopic (exact) mass is 295 g/mol. The zero-order chi connectivity index (χ0) is 13.8. The van der Waals surface area contributed by atoms with Gasteiger partial charge in [-0.25, -0.2) is 4.68 Å². The summed E-state index contributed by atoms with van der Waals surface area (Å²) in [5.41, 5.74) is 2.66. The molecule has 100 valence electrons. The molecule has 0 aliphatic heterocycles. The van der Waals surface area contributed by atoms with Gasteiger partial charge >= 0.3 is 0 Å². The third kappa shape index (κ3) is 3.05. The van der Waals surface area contributed by atoms with Crippen molar-refractivity contribution in [1.29, 1.82) is 0 Å². The molecule has 2 heterocycles. The summed E-state index contributed by atoms with van der Waals surface area (Å²) >= 11 is 7.70. The van der Waals surface area contributed by atoms with E-state index in [0.717, 1.165) is 0 Å². The predicted molar refractivity (Wildman–Crippen MR) is 80.1 cm³/mol. The Labute approximate surface area is 120 Å². The van der Waals surface area contributed by atoms with Crippen molar-refractivity contribution in [3.63, 3.8) is 0 Å². The van der Waals surface area contributed by atoms with Crippen LogP contribution in [0.4, 0.5) is 5.69 Å². The first-order chi connectivity index (χ1) is 9.13. The molecule has 2 aromatic rings. The molecule has 0 atom stereocenters. The molecule has 0 saturated carbocycles. The summed E-state index contributed by atoms with van der Waals surface area (Å²) in [6.45, 7) is 6.60. The Balaban J connectivity index is 2.18. The maximum absolute atomic E-state index is 11.9. The Kier molecular flexibility index (Phi) is 4.39. The van der Waals surface area contributed by atoms with Crippen molar-refractivity contribution in [2.24, 2.45) is 0 Å². The fourth-order valence-electron chi connectivity index (χ4n) is 1.60. The number of hydrogen-bond acceptors (Lipinski definition) is 4. The van der Waals surface area contributed by atoms with E-state index in [4.69, 9.17) is 11.6 Å². The second kappa shape index (κ2) is 6.04. The summed E-state index contributed by atoms with van der Waals surface area (Å²) in [5, 5.41) is 11.5. The van der Waals surface area contributed by atoms with Crippen LogP contribution in [-0.4, -0.2) is 9.78 Å². The number of thiophene rings is 1. The van der Waals surface area contributed by atoms with Crippen LogP contribution in [0.1, 0.15) is 11.1 Å². The normalized spacial score (nSPS) is 10.4. The summed E-state index contributed by atoms with van der Waals surface area (Å²) < 4.78 is 1.27. The topological polar surface area (TPSA) is 46.9 Å². The molecule has 0 aliphatic rings. The molecule has 0 bridgehead atoms. The van der Waals surface area contributed by atoms with Gasteiger partial charge in [-0.2, -0.15) is 16.4 Å². The molecule has 19 heavy (non-hydrogen) atoms. The van der Waals surface area contributed by atoms with Gasteiger partial charge in [0.2, 0.25) is 0 Å². The zero-order valence-electron chi connectivity index (χ0n) is 10.5. The third-order valence-corrected chi connectivity index (χ3v) is 3.99. The summed E-state index contributed by atoms with van der Waals surface area (Å²) in [6.07, 6.45) is 3.17. The Morgan fingerprint density at radius 3 is 3.00 bits per heavy atom. The molecule has 0 aromatic carbocycles. The fourth-order valence-corrected chi connectivity index (χ4v) is 2.67. The van der Waals surface area contributed by atoms with Gasteiger partial charge in [0.15, 0.2) is 0 Å². The number of rotatable bonds is 5. The molecule has 0 spiro atoms. The van der Waals surface area contributed by atoms with Gasteiger partial charge in [-0.05, 0) is 28.8 Å². The Hall–Kier alpha value is -1.59. The molecule has 0 aliphatic carbocycles. The van der Waals surface area contributed by atoms with Gasteiger partial charge in [-0.3, -0.25) is 4.79 Å². The van der Waals surface area contributed by atoms with E-state index < -0.39 is 0 Å². The Morgan fingerprint density at radius 1 is 1.58 bits per heavy atom. The van der Waals surface area contributed by atoms with Crippen molar-refractivity contribution in [2.45, 2.75) is 20.0 Å². The summed E-state index contributed by atoms with van der Waals surface area (Å²) in [7, 11) is 0. The van der Waals surface area contributed by atoms with Crippen molar-refractivity contribution < 1.29 is 0 Å². The van der Waals surface area contributed by atoms with E-state index in [2.05, 4.69) is 34.7 Å². The van der Waals surface area contributed by atoms with Crippen LogP contribution < -0.4 is 10.9 Å². The second-order valence-electron chi connectivity index (χ2n) is 4.08. The van der Waals surface area contributed by atoms with E-state index in [1.54, 1.807) is 23.6 Å². The molecule has 2 aromatic heterocycles. The molecule has 0 amide bonds. The van der Waals surface area contributed by atoms with Gasteiger partial charge in [0, 0.05) is 6.54 Å². The van der Waals surface area contributed by atoms with E-state index in [1.165, 1.54) is 15.8 Å². The molecule has 0 fully saturated rings. The smallest absolute Gasteiger partial charge is 0.287 e. The van der Waals surface area contributed by atoms with Crippen LogP contribution in [0.15, 0.2) is 34.4 Å². The van der Waals surface area contributed by atoms with E-state index in [9.17, 15) is 4.79 Å². The second-order valence-corrected chi connectivity index (χ2v) is 5.20. The average molecular weight is 296 g/mol. The van der Waals surface area contributed by atoms with Crippen LogP contribution in [0.25, 0.3) is 0 Å². The minimum atomic E-state index is -0.311. The SMILES string of the molecule is C=CCn1ncc(NCc2cscc2C)c(Cl)c1=O. The largest absolute Gasteiger partial charge is 0.378 e. The van der Waals surface area contributed by atoms with Gasteiger partial charge in [-0.15, -0.1) is 6.58 Å². The summed E-state index contributed by atoms with van der Waals surface area (Å²) in [5.74, 6) is 0. The average Bonchev–Trinajstić information content (AvgIpc) is 2.80. The van der Waals surface area contributed by atoms with Gasteiger partial charge in [0.1, 0.15) is 5.02 Å². The van der Waals surface area contributed by atoms with E-state index in [-0.39, 0.29) is 10.6 Å². The lowest BCUT2D eigenvalue weighted by molar-refractivity contribution is 0.653. The lowest BCUT2D eigenvalue weighted by atomic mass is 10.2. The minimum Gasteiger partial charge on any atom is -0.378 e. The Morgan fingerprint density at radius 2 is 2.37 bits per heavy atom. The third-order valence-electron chi connectivity index (χ3n) is 2.72. The number of anilines is 1. The molecular weight excluding hydrogens is 282 g/mol. The standard InChI is InChI=1S/C13H14ClN3OS/c1-3-4-17-13(18)12(14)11(6-16-17)15-5-10-8-19-7-9(10)2/h3,6-8,15H,1,4-5H2,2H3.